The molecule has 174 valence electrons. The molecule has 0 amide bonds. The fourth-order valence-electron chi connectivity index (χ4n) is 4.55. The van der Waals surface area contributed by atoms with E-state index in [1.54, 1.807) is 32.5 Å². The van der Waals surface area contributed by atoms with Gasteiger partial charge >= 0.3 is 5.88 Å². The molecule has 0 saturated carbocycles. The van der Waals surface area contributed by atoms with Crippen molar-refractivity contribution in [2.24, 2.45) is 0 Å². The molecule has 0 radical (unpaired) electrons. The van der Waals surface area contributed by atoms with Crippen LogP contribution in [0.4, 0.5) is 8.78 Å². The van der Waals surface area contributed by atoms with E-state index < -0.39 is 11.6 Å². The Morgan fingerprint density at radius 3 is 2.77 bits per heavy atom. The molecule has 4 aromatic heterocycles. The van der Waals surface area contributed by atoms with Gasteiger partial charge in [0.1, 0.15) is 11.8 Å². The average Bonchev–Trinajstić information content (AvgIpc) is 3.54. The van der Waals surface area contributed by atoms with E-state index in [1.807, 2.05) is 33.5 Å². The van der Waals surface area contributed by atoms with Crippen LogP contribution in [0.2, 0.25) is 0 Å². The van der Waals surface area contributed by atoms with Crippen molar-refractivity contribution in [3.63, 3.8) is 0 Å². The van der Waals surface area contributed by atoms with Crippen LogP contribution in [0.1, 0.15) is 5.56 Å². The van der Waals surface area contributed by atoms with Crippen LogP contribution in [0, 0.1) is 11.6 Å². The van der Waals surface area contributed by atoms with Gasteiger partial charge in [-0.2, -0.15) is 14.6 Å². The summed E-state index contributed by atoms with van der Waals surface area (Å²) in [4.78, 5) is 8.59. The maximum absolute atomic E-state index is 14.6. The molecular formula is C25H19F2N6O2+. The Labute approximate surface area is 197 Å². The third kappa shape index (κ3) is 3.17. The van der Waals surface area contributed by atoms with Crippen molar-refractivity contribution in [3.05, 3.63) is 78.4 Å². The second-order valence-corrected chi connectivity index (χ2v) is 7.97. The monoisotopic (exact) mass is 473 g/mol. The van der Waals surface area contributed by atoms with Crippen molar-refractivity contribution < 1.29 is 22.8 Å². The number of benzene rings is 2. The number of ether oxygens (including phenoxy) is 2. The molecule has 2 aromatic carbocycles. The lowest BCUT2D eigenvalue weighted by Crippen LogP contribution is -2.37. The quantitative estimate of drug-likeness (QED) is 0.382. The number of fused-ring (bicyclic) bond motifs is 4. The van der Waals surface area contributed by atoms with E-state index in [0.717, 1.165) is 39.1 Å². The Kier molecular flexibility index (Phi) is 4.80. The highest BCUT2D eigenvalue weighted by Crippen LogP contribution is 2.33. The molecule has 0 unspecified atom stereocenters. The number of methoxy groups -OCH3 is 2. The largest absolute Gasteiger partial charge is 0.479 e. The van der Waals surface area contributed by atoms with E-state index in [1.165, 1.54) is 12.4 Å². The molecule has 0 aliphatic carbocycles. The molecule has 0 atom stereocenters. The summed E-state index contributed by atoms with van der Waals surface area (Å²) < 4.78 is 43.3. The van der Waals surface area contributed by atoms with E-state index in [-0.39, 0.29) is 12.1 Å². The number of rotatable bonds is 5. The number of nitrogens with zero attached hydrogens (tertiary/aromatic N) is 5. The second-order valence-electron chi connectivity index (χ2n) is 7.97. The molecule has 4 heterocycles. The first-order chi connectivity index (χ1) is 17.1. The van der Waals surface area contributed by atoms with Crippen LogP contribution in [-0.2, 0) is 6.54 Å². The van der Waals surface area contributed by atoms with Gasteiger partial charge in [-0.05, 0) is 30.3 Å². The summed E-state index contributed by atoms with van der Waals surface area (Å²) in [5, 5.41) is 9.00. The number of halogens is 2. The minimum Gasteiger partial charge on any atom is -0.479 e. The molecule has 6 aromatic rings. The number of aromatic amines is 1. The predicted octanol–water partition coefficient (Wildman–Crippen LogP) is 4.08. The molecule has 0 bridgehead atoms. The molecule has 35 heavy (non-hydrogen) atoms. The Hall–Kier alpha value is -4.60. The molecule has 0 fully saturated rings. The SMILES string of the molecule is COc1ncnc2ccn(-c3cc4ccc(OC)[n+](Cc5cccc(F)c5F)c4c4cn[nH]c34)c12. The van der Waals surface area contributed by atoms with Crippen LogP contribution >= 0.6 is 0 Å². The van der Waals surface area contributed by atoms with E-state index in [4.69, 9.17) is 9.47 Å². The van der Waals surface area contributed by atoms with Crippen molar-refractivity contribution in [2.45, 2.75) is 6.54 Å². The zero-order valence-electron chi connectivity index (χ0n) is 18.8. The molecule has 10 heteroatoms. The Bertz CT molecular complexity index is 1740. The molecule has 0 spiro atoms. The van der Waals surface area contributed by atoms with Crippen molar-refractivity contribution >= 4 is 32.8 Å². The summed E-state index contributed by atoms with van der Waals surface area (Å²) in [6.45, 7) is 0.0673. The maximum Gasteiger partial charge on any atom is 0.368 e. The minimum absolute atomic E-state index is 0.0673. The predicted molar refractivity (Wildman–Crippen MR) is 125 cm³/mol. The van der Waals surface area contributed by atoms with Gasteiger partial charge in [-0.15, -0.1) is 0 Å². The Balaban J connectivity index is 1.65. The van der Waals surface area contributed by atoms with E-state index in [2.05, 4.69) is 20.2 Å². The smallest absolute Gasteiger partial charge is 0.368 e. The Morgan fingerprint density at radius 2 is 1.94 bits per heavy atom. The summed E-state index contributed by atoms with van der Waals surface area (Å²) in [5.74, 6) is -0.837. The van der Waals surface area contributed by atoms with Gasteiger partial charge < -0.3 is 14.0 Å². The topological polar surface area (TPSA) is 81.7 Å². The number of pyridine rings is 1. The van der Waals surface area contributed by atoms with Gasteiger partial charge in [-0.1, -0.05) is 6.07 Å². The van der Waals surface area contributed by atoms with Crippen molar-refractivity contribution in [3.8, 4) is 17.4 Å². The summed E-state index contributed by atoms with van der Waals surface area (Å²) in [6.07, 6.45) is 5.06. The fourth-order valence-corrected chi connectivity index (χ4v) is 4.55. The molecule has 6 rings (SSSR count). The standard InChI is InChI=1S/C25H18F2N6O2/c1-34-20-7-6-14-10-19(32-9-8-18-24(32)25(35-2)29-13-28-18)22-16(11-30-31-22)23(14)33(20)12-15-4-3-5-17(26)21(15)27/h3-11,13H,12H2,1-2H3/p+1. The van der Waals surface area contributed by atoms with E-state index in [9.17, 15) is 8.78 Å². The maximum atomic E-state index is 14.6. The summed E-state index contributed by atoms with van der Waals surface area (Å²) in [6, 6.07) is 11.7. The molecule has 0 saturated heterocycles. The van der Waals surface area contributed by atoms with Gasteiger partial charge in [-0.3, -0.25) is 5.10 Å². The van der Waals surface area contributed by atoms with Gasteiger partial charge in [0, 0.05) is 11.6 Å². The first-order valence-electron chi connectivity index (χ1n) is 10.8. The summed E-state index contributed by atoms with van der Waals surface area (Å²) >= 11 is 0. The van der Waals surface area contributed by atoms with Gasteiger partial charge in [-0.25, -0.2) is 13.8 Å². The molecular weight excluding hydrogens is 454 g/mol. The zero-order valence-corrected chi connectivity index (χ0v) is 18.8. The van der Waals surface area contributed by atoms with Crippen LogP contribution in [-0.4, -0.2) is 39.0 Å². The van der Waals surface area contributed by atoms with Crippen LogP contribution < -0.4 is 14.0 Å². The first-order valence-corrected chi connectivity index (χ1v) is 10.8. The van der Waals surface area contributed by atoms with Crippen molar-refractivity contribution in [1.29, 1.82) is 0 Å². The minimum atomic E-state index is -0.895. The highest BCUT2D eigenvalue weighted by atomic mass is 19.2. The summed E-state index contributed by atoms with van der Waals surface area (Å²) in [5.41, 5.74) is 3.97. The molecule has 8 nitrogen and oxygen atoms in total. The van der Waals surface area contributed by atoms with Crippen LogP contribution in [0.3, 0.4) is 0 Å². The lowest BCUT2D eigenvalue weighted by Gasteiger charge is -2.12. The zero-order chi connectivity index (χ0) is 24.1. The second kappa shape index (κ2) is 8.01. The van der Waals surface area contributed by atoms with Gasteiger partial charge in [0.2, 0.25) is 11.4 Å². The normalized spacial score (nSPS) is 11.5. The third-order valence-corrected chi connectivity index (χ3v) is 6.12. The average molecular weight is 473 g/mol. The van der Waals surface area contributed by atoms with Crippen LogP contribution in [0.25, 0.3) is 38.5 Å². The van der Waals surface area contributed by atoms with Crippen molar-refractivity contribution in [2.75, 3.05) is 14.2 Å². The number of H-pyrrole nitrogens is 1. The van der Waals surface area contributed by atoms with E-state index >= 15 is 0 Å². The first kappa shape index (κ1) is 21.0. The number of hydrogen-bond donors (Lipinski definition) is 1. The lowest BCUT2D eigenvalue weighted by atomic mass is 10.1. The van der Waals surface area contributed by atoms with Gasteiger partial charge in [0.25, 0.3) is 0 Å². The number of hydrogen-bond acceptors (Lipinski definition) is 5. The highest BCUT2D eigenvalue weighted by molar-refractivity contribution is 6.06. The summed E-state index contributed by atoms with van der Waals surface area (Å²) in [7, 11) is 3.10. The number of aromatic nitrogens is 6. The van der Waals surface area contributed by atoms with Crippen molar-refractivity contribution in [1.82, 2.24) is 24.7 Å². The molecule has 0 aliphatic rings. The van der Waals surface area contributed by atoms with Gasteiger partial charge in [0.15, 0.2) is 18.2 Å². The Morgan fingerprint density at radius 1 is 1.06 bits per heavy atom. The highest BCUT2D eigenvalue weighted by Gasteiger charge is 2.25. The molecule has 0 aliphatic heterocycles. The number of nitrogens with one attached hydrogen (secondary N) is 1. The third-order valence-electron chi connectivity index (χ3n) is 6.12. The van der Waals surface area contributed by atoms with Crippen LogP contribution in [0.15, 0.2) is 61.2 Å². The molecule has 1 N–H and O–H groups in total. The lowest BCUT2D eigenvalue weighted by molar-refractivity contribution is -0.667. The van der Waals surface area contributed by atoms with Gasteiger partial charge in [0.05, 0.1) is 54.2 Å². The van der Waals surface area contributed by atoms with E-state index in [0.29, 0.717) is 17.3 Å². The van der Waals surface area contributed by atoms with Crippen LogP contribution in [0.5, 0.6) is 11.8 Å². The fraction of sp³-hybridized carbons (Fsp3) is 0.120.